The molecule has 0 N–H and O–H groups in total. The molecule has 1 aliphatic heterocycles. The first-order valence-electron chi connectivity index (χ1n) is 8.08. The van der Waals surface area contributed by atoms with Gasteiger partial charge in [-0.05, 0) is 39.7 Å². The molecule has 1 aliphatic rings. The number of nitrogens with zero attached hydrogens (tertiary/aromatic N) is 1. The van der Waals surface area contributed by atoms with Crippen molar-refractivity contribution in [3.8, 4) is 0 Å². The summed E-state index contributed by atoms with van der Waals surface area (Å²) in [6.07, 6.45) is 0.333. The monoisotopic (exact) mass is 315 g/mol. The molecule has 0 bridgehead atoms. The molecule has 1 heterocycles. The lowest BCUT2D eigenvalue weighted by Crippen LogP contribution is -2.58. The first kappa shape index (κ1) is 17.5. The Morgan fingerprint density at radius 3 is 2.13 bits per heavy atom. The first-order chi connectivity index (χ1) is 10.8. The largest absolute Gasteiger partial charge is 0.300 e. The van der Waals surface area contributed by atoms with Gasteiger partial charge in [-0.2, -0.15) is 0 Å². The molecule has 1 fully saturated rings. The minimum absolute atomic E-state index is 0.0135. The zero-order chi connectivity index (χ0) is 17.2. The number of carbonyl (C=O) groups excluding carboxylic acids is 3. The van der Waals surface area contributed by atoms with E-state index in [4.69, 9.17) is 0 Å². The van der Waals surface area contributed by atoms with E-state index in [-0.39, 0.29) is 29.3 Å². The quantitative estimate of drug-likeness (QED) is 0.784. The molecule has 0 aromatic heterocycles. The van der Waals surface area contributed by atoms with Crippen LogP contribution in [0.4, 0.5) is 0 Å². The summed E-state index contributed by atoms with van der Waals surface area (Å²) < 4.78 is 0. The third kappa shape index (κ3) is 3.42. The van der Waals surface area contributed by atoms with Crippen LogP contribution >= 0.6 is 0 Å². The molecule has 1 aromatic rings. The fourth-order valence-electron chi connectivity index (χ4n) is 3.61. The number of hydrogen-bond acceptors (Lipinski definition) is 4. The van der Waals surface area contributed by atoms with E-state index in [1.165, 1.54) is 13.8 Å². The van der Waals surface area contributed by atoms with Crippen molar-refractivity contribution >= 4 is 17.3 Å². The van der Waals surface area contributed by atoms with E-state index in [0.29, 0.717) is 19.5 Å². The van der Waals surface area contributed by atoms with Crippen molar-refractivity contribution in [1.82, 2.24) is 4.90 Å². The Hall–Kier alpha value is -1.81. The standard InChI is InChI=1S/C19H25NO3/c1-13-18(14(2)21)10-19(15(3)22,16(4)23)12-20(13)11-17-8-6-5-7-9-17/h5-9,13,18H,10-12H2,1-4H3. The van der Waals surface area contributed by atoms with Gasteiger partial charge in [0.25, 0.3) is 0 Å². The highest BCUT2D eigenvalue weighted by molar-refractivity contribution is 6.06. The van der Waals surface area contributed by atoms with Crippen LogP contribution in [0.2, 0.25) is 0 Å². The van der Waals surface area contributed by atoms with Crippen LogP contribution < -0.4 is 0 Å². The maximum Gasteiger partial charge on any atom is 0.144 e. The van der Waals surface area contributed by atoms with E-state index in [9.17, 15) is 14.4 Å². The molecule has 2 rings (SSSR count). The summed E-state index contributed by atoms with van der Waals surface area (Å²) in [6, 6.07) is 9.95. The highest BCUT2D eigenvalue weighted by Gasteiger charge is 2.50. The molecular weight excluding hydrogens is 290 g/mol. The highest BCUT2D eigenvalue weighted by atomic mass is 16.2. The second-order valence-electron chi connectivity index (χ2n) is 6.75. The van der Waals surface area contributed by atoms with Gasteiger partial charge in [-0.25, -0.2) is 0 Å². The lowest BCUT2D eigenvalue weighted by molar-refractivity contribution is -0.148. The van der Waals surface area contributed by atoms with E-state index >= 15 is 0 Å². The second kappa shape index (κ2) is 6.75. The molecule has 124 valence electrons. The van der Waals surface area contributed by atoms with E-state index in [0.717, 1.165) is 5.56 Å². The maximum absolute atomic E-state index is 12.3. The second-order valence-corrected chi connectivity index (χ2v) is 6.75. The molecular formula is C19H25NO3. The fraction of sp³-hybridized carbons (Fsp3) is 0.526. The van der Waals surface area contributed by atoms with Crippen LogP contribution in [-0.4, -0.2) is 34.8 Å². The van der Waals surface area contributed by atoms with Gasteiger partial charge >= 0.3 is 0 Å². The molecule has 4 heteroatoms. The molecule has 1 saturated heterocycles. The zero-order valence-electron chi connectivity index (χ0n) is 14.3. The summed E-state index contributed by atoms with van der Waals surface area (Å²) in [5, 5.41) is 0. The summed E-state index contributed by atoms with van der Waals surface area (Å²) >= 11 is 0. The normalized spacial score (nSPS) is 24.2. The zero-order valence-corrected chi connectivity index (χ0v) is 14.3. The third-order valence-corrected chi connectivity index (χ3v) is 5.30. The lowest BCUT2D eigenvalue weighted by Gasteiger charge is -2.47. The average Bonchev–Trinajstić information content (AvgIpc) is 2.49. The Balaban J connectivity index is 2.37. The molecule has 4 nitrogen and oxygen atoms in total. The molecule has 2 atom stereocenters. The Morgan fingerprint density at radius 1 is 1.09 bits per heavy atom. The summed E-state index contributed by atoms with van der Waals surface area (Å²) in [7, 11) is 0. The van der Waals surface area contributed by atoms with Gasteiger partial charge in [-0.1, -0.05) is 30.3 Å². The van der Waals surface area contributed by atoms with Gasteiger partial charge in [-0.15, -0.1) is 0 Å². The number of piperidine rings is 1. The van der Waals surface area contributed by atoms with E-state index < -0.39 is 5.41 Å². The van der Waals surface area contributed by atoms with Gasteiger partial charge in [-0.3, -0.25) is 19.3 Å². The predicted molar refractivity (Wildman–Crippen MR) is 88.9 cm³/mol. The van der Waals surface area contributed by atoms with Crippen LogP contribution in [0.1, 0.15) is 39.7 Å². The van der Waals surface area contributed by atoms with Crippen LogP contribution in [-0.2, 0) is 20.9 Å². The molecule has 0 saturated carbocycles. The van der Waals surface area contributed by atoms with Crippen LogP contribution in [0, 0.1) is 11.3 Å². The molecule has 0 aliphatic carbocycles. The maximum atomic E-state index is 12.3. The molecule has 2 unspecified atom stereocenters. The van der Waals surface area contributed by atoms with Crippen molar-refractivity contribution in [2.24, 2.45) is 11.3 Å². The lowest BCUT2D eigenvalue weighted by atomic mass is 9.67. The van der Waals surface area contributed by atoms with Crippen molar-refractivity contribution in [2.75, 3.05) is 6.54 Å². The Morgan fingerprint density at radius 2 is 1.65 bits per heavy atom. The number of Topliss-reactive ketones (excluding diaryl/α,β-unsaturated/α-hetero) is 3. The Labute approximate surface area is 137 Å². The summed E-state index contributed by atoms with van der Waals surface area (Å²) in [5.74, 6) is -0.523. The van der Waals surface area contributed by atoms with Crippen LogP contribution in [0.3, 0.4) is 0 Å². The molecule has 0 spiro atoms. The number of ketones is 3. The number of carbonyl (C=O) groups is 3. The van der Waals surface area contributed by atoms with E-state index in [2.05, 4.69) is 4.90 Å². The molecule has 23 heavy (non-hydrogen) atoms. The van der Waals surface area contributed by atoms with Crippen molar-refractivity contribution in [3.63, 3.8) is 0 Å². The SMILES string of the molecule is CC(=O)C1CC(C(C)=O)(C(C)=O)CN(Cc2ccccc2)C1C. The van der Waals surface area contributed by atoms with Gasteiger partial charge in [0.1, 0.15) is 22.8 Å². The number of hydrogen-bond donors (Lipinski definition) is 0. The molecule has 0 amide bonds. The van der Waals surface area contributed by atoms with Gasteiger partial charge in [0.15, 0.2) is 0 Å². The topological polar surface area (TPSA) is 54.5 Å². The first-order valence-corrected chi connectivity index (χ1v) is 8.08. The van der Waals surface area contributed by atoms with Gasteiger partial charge < -0.3 is 0 Å². The van der Waals surface area contributed by atoms with Gasteiger partial charge in [0.05, 0.1) is 0 Å². The smallest absolute Gasteiger partial charge is 0.144 e. The Bertz CT molecular complexity index is 594. The minimum Gasteiger partial charge on any atom is -0.300 e. The van der Waals surface area contributed by atoms with Crippen molar-refractivity contribution in [2.45, 2.75) is 46.7 Å². The molecule has 1 aromatic carbocycles. The van der Waals surface area contributed by atoms with Crippen molar-refractivity contribution in [1.29, 1.82) is 0 Å². The van der Waals surface area contributed by atoms with Gasteiger partial charge in [0.2, 0.25) is 0 Å². The van der Waals surface area contributed by atoms with Gasteiger partial charge in [0, 0.05) is 25.0 Å². The van der Waals surface area contributed by atoms with E-state index in [1.54, 1.807) is 6.92 Å². The van der Waals surface area contributed by atoms with Crippen molar-refractivity contribution < 1.29 is 14.4 Å². The number of benzene rings is 1. The summed E-state index contributed by atoms with van der Waals surface area (Å²) in [4.78, 5) is 38.7. The van der Waals surface area contributed by atoms with Crippen LogP contribution in [0.25, 0.3) is 0 Å². The average molecular weight is 315 g/mol. The number of rotatable bonds is 5. The summed E-state index contributed by atoms with van der Waals surface area (Å²) in [5.41, 5.74) is 0.0574. The van der Waals surface area contributed by atoms with Crippen molar-refractivity contribution in [3.05, 3.63) is 35.9 Å². The van der Waals surface area contributed by atoms with Crippen LogP contribution in [0.15, 0.2) is 30.3 Å². The number of likely N-dealkylation sites (tertiary alicyclic amines) is 1. The summed E-state index contributed by atoms with van der Waals surface area (Å²) in [6.45, 7) is 7.52. The third-order valence-electron chi connectivity index (χ3n) is 5.30. The fourth-order valence-corrected chi connectivity index (χ4v) is 3.61. The highest BCUT2D eigenvalue weighted by Crippen LogP contribution is 2.39. The van der Waals surface area contributed by atoms with Crippen LogP contribution in [0.5, 0.6) is 0 Å². The molecule has 0 radical (unpaired) electrons. The Kier molecular flexibility index (Phi) is 5.15. The van der Waals surface area contributed by atoms with E-state index in [1.807, 2.05) is 37.3 Å². The predicted octanol–water partition coefficient (Wildman–Crippen LogP) is 2.65. The minimum atomic E-state index is -1.06.